The standard InChI is InChI=1S/C16H24N6O/c1-11-9-17-12(2)16(18-11)23-14-5-7-22(8-6-14)10-15-20-19-13(3)21(15)4/h9,14H,5-8,10H2,1-4H3. The number of likely N-dealkylation sites (tertiary alicyclic amines) is 1. The number of aryl methyl sites for hydroxylation is 3. The highest BCUT2D eigenvalue weighted by Gasteiger charge is 2.23. The molecule has 0 N–H and O–H groups in total. The summed E-state index contributed by atoms with van der Waals surface area (Å²) in [5.74, 6) is 2.64. The second-order valence-electron chi connectivity index (χ2n) is 6.22. The molecule has 0 aliphatic carbocycles. The van der Waals surface area contributed by atoms with Crippen molar-refractivity contribution >= 4 is 0 Å². The van der Waals surface area contributed by atoms with Crippen molar-refractivity contribution in [3.63, 3.8) is 0 Å². The van der Waals surface area contributed by atoms with Crippen LogP contribution in [0.4, 0.5) is 0 Å². The molecule has 0 saturated carbocycles. The SMILES string of the molecule is Cc1cnc(C)c(OC2CCN(Cc3nnc(C)n3C)CC2)n1. The zero-order chi connectivity index (χ0) is 16.4. The minimum absolute atomic E-state index is 0.210. The molecule has 3 heterocycles. The highest BCUT2D eigenvalue weighted by molar-refractivity contribution is 5.18. The Balaban J connectivity index is 1.54. The third kappa shape index (κ3) is 3.67. The molecule has 1 aliphatic rings. The molecule has 3 rings (SSSR count). The van der Waals surface area contributed by atoms with Crippen molar-refractivity contribution in [2.75, 3.05) is 13.1 Å². The second-order valence-corrected chi connectivity index (χ2v) is 6.22. The maximum Gasteiger partial charge on any atom is 0.235 e. The van der Waals surface area contributed by atoms with Gasteiger partial charge in [-0.3, -0.25) is 9.88 Å². The van der Waals surface area contributed by atoms with Gasteiger partial charge in [0.2, 0.25) is 5.88 Å². The Labute approximate surface area is 136 Å². The fourth-order valence-electron chi connectivity index (χ4n) is 2.76. The molecular formula is C16H24N6O. The van der Waals surface area contributed by atoms with E-state index in [9.17, 15) is 0 Å². The van der Waals surface area contributed by atoms with E-state index in [0.29, 0.717) is 5.88 Å². The summed E-state index contributed by atoms with van der Waals surface area (Å²) < 4.78 is 8.11. The number of piperidine rings is 1. The van der Waals surface area contributed by atoms with Gasteiger partial charge in [0.05, 0.1) is 17.9 Å². The van der Waals surface area contributed by atoms with Gasteiger partial charge in [0.25, 0.3) is 0 Å². The normalized spacial score (nSPS) is 16.7. The Morgan fingerprint density at radius 3 is 2.57 bits per heavy atom. The van der Waals surface area contributed by atoms with Crippen molar-refractivity contribution < 1.29 is 4.74 Å². The van der Waals surface area contributed by atoms with Crippen LogP contribution < -0.4 is 4.74 Å². The van der Waals surface area contributed by atoms with Gasteiger partial charge in [-0.15, -0.1) is 10.2 Å². The summed E-state index contributed by atoms with van der Waals surface area (Å²) in [4.78, 5) is 11.2. The molecular weight excluding hydrogens is 292 g/mol. The molecule has 0 spiro atoms. The maximum absolute atomic E-state index is 6.06. The van der Waals surface area contributed by atoms with Crippen molar-refractivity contribution in [2.45, 2.75) is 46.3 Å². The Morgan fingerprint density at radius 2 is 1.91 bits per heavy atom. The van der Waals surface area contributed by atoms with Crippen molar-refractivity contribution in [3.05, 3.63) is 29.2 Å². The molecule has 0 bridgehead atoms. The molecule has 7 heteroatoms. The average Bonchev–Trinajstić information content (AvgIpc) is 2.85. The predicted octanol–water partition coefficient (Wildman–Crippen LogP) is 1.57. The van der Waals surface area contributed by atoms with Gasteiger partial charge in [-0.05, 0) is 33.6 Å². The van der Waals surface area contributed by atoms with Crippen LogP contribution in [0.5, 0.6) is 5.88 Å². The van der Waals surface area contributed by atoms with E-state index in [0.717, 1.165) is 55.5 Å². The molecule has 0 radical (unpaired) electrons. The first kappa shape index (κ1) is 15.9. The highest BCUT2D eigenvalue weighted by Crippen LogP contribution is 2.20. The first-order chi connectivity index (χ1) is 11.0. The summed E-state index contributed by atoms with van der Waals surface area (Å²) in [5, 5.41) is 8.36. The van der Waals surface area contributed by atoms with Crippen LogP contribution in [0.1, 0.15) is 35.9 Å². The number of rotatable bonds is 4. The first-order valence-corrected chi connectivity index (χ1v) is 8.07. The quantitative estimate of drug-likeness (QED) is 0.853. The van der Waals surface area contributed by atoms with Crippen LogP contribution in [0.3, 0.4) is 0 Å². The number of hydrogen-bond donors (Lipinski definition) is 0. The summed E-state index contributed by atoms with van der Waals surface area (Å²) >= 11 is 0. The third-order valence-corrected chi connectivity index (χ3v) is 4.39. The fourth-order valence-corrected chi connectivity index (χ4v) is 2.76. The van der Waals surface area contributed by atoms with Gasteiger partial charge < -0.3 is 9.30 Å². The van der Waals surface area contributed by atoms with Gasteiger partial charge in [0, 0.05) is 26.3 Å². The van der Waals surface area contributed by atoms with Crippen LogP contribution >= 0.6 is 0 Å². The number of hydrogen-bond acceptors (Lipinski definition) is 6. The molecule has 0 unspecified atom stereocenters. The maximum atomic E-state index is 6.06. The van der Waals surface area contributed by atoms with Crippen molar-refractivity contribution in [2.24, 2.45) is 7.05 Å². The molecule has 0 atom stereocenters. The van der Waals surface area contributed by atoms with Crippen LogP contribution in [0.15, 0.2) is 6.20 Å². The molecule has 2 aromatic heterocycles. The fraction of sp³-hybridized carbons (Fsp3) is 0.625. The zero-order valence-corrected chi connectivity index (χ0v) is 14.3. The molecule has 7 nitrogen and oxygen atoms in total. The summed E-state index contributed by atoms with van der Waals surface area (Å²) in [6.45, 7) is 8.68. The Kier molecular flexibility index (Phi) is 4.56. The molecule has 0 aromatic carbocycles. The van der Waals surface area contributed by atoms with E-state index in [1.54, 1.807) is 6.20 Å². The first-order valence-electron chi connectivity index (χ1n) is 8.07. The van der Waals surface area contributed by atoms with Gasteiger partial charge in [0.1, 0.15) is 17.8 Å². The lowest BCUT2D eigenvalue weighted by Gasteiger charge is -2.31. The van der Waals surface area contributed by atoms with Gasteiger partial charge in [0.15, 0.2) is 0 Å². The number of nitrogens with zero attached hydrogens (tertiary/aromatic N) is 6. The van der Waals surface area contributed by atoms with Crippen LogP contribution in [0.25, 0.3) is 0 Å². The minimum Gasteiger partial charge on any atom is -0.473 e. The summed E-state index contributed by atoms with van der Waals surface area (Å²) in [6.07, 6.45) is 3.97. The van der Waals surface area contributed by atoms with Gasteiger partial charge >= 0.3 is 0 Å². The summed E-state index contributed by atoms with van der Waals surface area (Å²) in [6, 6.07) is 0. The lowest BCUT2D eigenvalue weighted by atomic mass is 10.1. The van der Waals surface area contributed by atoms with Crippen molar-refractivity contribution in [1.29, 1.82) is 0 Å². The van der Waals surface area contributed by atoms with E-state index in [1.165, 1.54) is 0 Å². The molecule has 124 valence electrons. The Bertz CT molecular complexity index is 675. The van der Waals surface area contributed by atoms with E-state index < -0.39 is 0 Å². The Morgan fingerprint density at radius 1 is 1.17 bits per heavy atom. The molecule has 1 fully saturated rings. The van der Waals surface area contributed by atoms with E-state index in [1.807, 2.05) is 32.4 Å². The van der Waals surface area contributed by atoms with Crippen LogP contribution in [-0.2, 0) is 13.6 Å². The number of ether oxygens (including phenoxy) is 1. The minimum atomic E-state index is 0.210. The topological polar surface area (TPSA) is 69.0 Å². The van der Waals surface area contributed by atoms with E-state index in [2.05, 4.69) is 25.1 Å². The number of aromatic nitrogens is 5. The van der Waals surface area contributed by atoms with Crippen LogP contribution in [-0.4, -0.2) is 48.8 Å². The van der Waals surface area contributed by atoms with Crippen LogP contribution in [0, 0.1) is 20.8 Å². The summed E-state index contributed by atoms with van der Waals surface area (Å²) in [7, 11) is 2.01. The lowest BCUT2D eigenvalue weighted by molar-refractivity contribution is 0.0902. The van der Waals surface area contributed by atoms with Gasteiger partial charge in [-0.2, -0.15) is 0 Å². The van der Waals surface area contributed by atoms with E-state index in [-0.39, 0.29) is 6.10 Å². The van der Waals surface area contributed by atoms with Crippen LogP contribution in [0.2, 0.25) is 0 Å². The average molecular weight is 316 g/mol. The lowest BCUT2D eigenvalue weighted by Crippen LogP contribution is -2.38. The molecule has 0 amide bonds. The highest BCUT2D eigenvalue weighted by atomic mass is 16.5. The smallest absolute Gasteiger partial charge is 0.235 e. The van der Waals surface area contributed by atoms with Gasteiger partial charge in [-0.25, -0.2) is 4.98 Å². The molecule has 23 heavy (non-hydrogen) atoms. The predicted molar refractivity (Wildman–Crippen MR) is 86.2 cm³/mol. The van der Waals surface area contributed by atoms with Crippen molar-refractivity contribution in [3.8, 4) is 5.88 Å². The van der Waals surface area contributed by atoms with E-state index >= 15 is 0 Å². The Hall–Kier alpha value is -2.02. The van der Waals surface area contributed by atoms with E-state index in [4.69, 9.17) is 4.74 Å². The third-order valence-electron chi connectivity index (χ3n) is 4.39. The zero-order valence-electron chi connectivity index (χ0n) is 14.3. The van der Waals surface area contributed by atoms with Gasteiger partial charge in [-0.1, -0.05) is 0 Å². The summed E-state index contributed by atoms with van der Waals surface area (Å²) in [5.41, 5.74) is 1.74. The molecule has 1 saturated heterocycles. The largest absolute Gasteiger partial charge is 0.473 e. The second kappa shape index (κ2) is 6.62. The monoisotopic (exact) mass is 316 g/mol. The van der Waals surface area contributed by atoms with Crippen molar-refractivity contribution in [1.82, 2.24) is 29.6 Å². The molecule has 1 aliphatic heterocycles. The molecule has 2 aromatic rings.